The topological polar surface area (TPSA) is 60.3 Å². The van der Waals surface area contributed by atoms with Crippen LogP contribution in [0.2, 0.25) is 0 Å². The Morgan fingerprint density at radius 2 is 1.88 bits per heavy atom. The standard InChI is InChI=1S/C17H22N4O2S/c1-12(16(22)21-10-4-5-11-21)24-17-19-18-15(20(17)2)13-6-8-14(23-3)9-7-13/h6-9,12H,4-5,10-11H2,1-3H3/t12-/m1/s1. The van der Waals surface area contributed by atoms with Gasteiger partial charge in [0.25, 0.3) is 0 Å². The zero-order valence-electron chi connectivity index (χ0n) is 14.2. The predicted octanol–water partition coefficient (Wildman–Crippen LogP) is 2.59. The highest BCUT2D eigenvalue weighted by atomic mass is 32.2. The second-order valence-electron chi connectivity index (χ2n) is 5.89. The summed E-state index contributed by atoms with van der Waals surface area (Å²) in [5.74, 6) is 1.77. The third-order valence-electron chi connectivity index (χ3n) is 4.23. The molecule has 1 aromatic carbocycles. The molecule has 0 N–H and O–H groups in total. The van der Waals surface area contributed by atoms with E-state index in [0.29, 0.717) is 0 Å². The maximum atomic E-state index is 12.4. The fraction of sp³-hybridized carbons (Fsp3) is 0.471. The van der Waals surface area contributed by atoms with Crippen LogP contribution in [0.4, 0.5) is 0 Å². The van der Waals surface area contributed by atoms with Crippen molar-refractivity contribution >= 4 is 17.7 Å². The molecular formula is C17H22N4O2S. The number of rotatable bonds is 5. The van der Waals surface area contributed by atoms with Crippen molar-refractivity contribution in [1.29, 1.82) is 0 Å². The molecule has 1 aliphatic rings. The number of methoxy groups -OCH3 is 1. The van der Waals surface area contributed by atoms with Gasteiger partial charge in [-0.15, -0.1) is 10.2 Å². The zero-order chi connectivity index (χ0) is 17.1. The molecule has 2 heterocycles. The fourth-order valence-electron chi connectivity index (χ4n) is 2.81. The number of ether oxygens (including phenoxy) is 1. The molecule has 0 spiro atoms. The van der Waals surface area contributed by atoms with Crippen molar-refractivity contribution in [3.05, 3.63) is 24.3 Å². The Labute approximate surface area is 146 Å². The third kappa shape index (κ3) is 3.40. The minimum Gasteiger partial charge on any atom is -0.497 e. The van der Waals surface area contributed by atoms with Gasteiger partial charge in [-0.3, -0.25) is 4.79 Å². The Kier molecular flexibility index (Phi) is 5.08. The second-order valence-corrected chi connectivity index (χ2v) is 7.19. The van der Waals surface area contributed by atoms with E-state index in [1.54, 1.807) is 7.11 Å². The van der Waals surface area contributed by atoms with Crippen molar-refractivity contribution in [3.63, 3.8) is 0 Å². The molecule has 1 amide bonds. The maximum absolute atomic E-state index is 12.4. The Hall–Kier alpha value is -2.02. The van der Waals surface area contributed by atoms with Crippen molar-refractivity contribution in [2.24, 2.45) is 7.05 Å². The van der Waals surface area contributed by atoms with E-state index < -0.39 is 0 Å². The molecule has 0 unspecified atom stereocenters. The first-order chi connectivity index (χ1) is 11.6. The zero-order valence-corrected chi connectivity index (χ0v) is 15.0. The van der Waals surface area contributed by atoms with Gasteiger partial charge < -0.3 is 14.2 Å². The molecule has 24 heavy (non-hydrogen) atoms. The number of nitrogens with zero attached hydrogens (tertiary/aromatic N) is 4. The average Bonchev–Trinajstić information content (AvgIpc) is 3.25. The highest BCUT2D eigenvalue weighted by Gasteiger charge is 2.25. The Bertz CT molecular complexity index is 708. The molecule has 7 heteroatoms. The molecule has 1 aromatic heterocycles. The van der Waals surface area contributed by atoms with E-state index in [1.807, 2.05) is 47.7 Å². The van der Waals surface area contributed by atoms with Crippen LogP contribution in [0.5, 0.6) is 5.75 Å². The molecule has 128 valence electrons. The lowest BCUT2D eigenvalue weighted by molar-refractivity contribution is -0.129. The van der Waals surface area contributed by atoms with Crippen LogP contribution in [0.3, 0.4) is 0 Å². The summed E-state index contributed by atoms with van der Waals surface area (Å²) in [5, 5.41) is 9.13. The van der Waals surface area contributed by atoms with Crippen LogP contribution in [0, 0.1) is 0 Å². The van der Waals surface area contributed by atoms with Crippen molar-refractivity contribution in [2.75, 3.05) is 20.2 Å². The van der Waals surface area contributed by atoms with E-state index >= 15 is 0 Å². The first-order valence-electron chi connectivity index (χ1n) is 8.09. The van der Waals surface area contributed by atoms with E-state index in [-0.39, 0.29) is 11.2 Å². The molecule has 6 nitrogen and oxygen atoms in total. The molecule has 1 saturated heterocycles. The summed E-state index contributed by atoms with van der Waals surface area (Å²) in [5.41, 5.74) is 0.969. The molecule has 1 fully saturated rings. The molecule has 0 radical (unpaired) electrons. The maximum Gasteiger partial charge on any atom is 0.235 e. The van der Waals surface area contributed by atoms with Gasteiger partial charge in [0.15, 0.2) is 11.0 Å². The molecule has 0 aliphatic carbocycles. The lowest BCUT2D eigenvalue weighted by Crippen LogP contribution is -2.34. The smallest absolute Gasteiger partial charge is 0.235 e. The summed E-state index contributed by atoms with van der Waals surface area (Å²) >= 11 is 1.46. The van der Waals surface area contributed by atoms with E-state index in [1.165, 1.54) is 11.8 Å². The number of amides is 1. The lowest BCUT2D eigenvalue weighted by Gasteiger charge is -2.19. The number of thioether (sulfide) groups is 1. The molecule has 2 aromatic rings. The Morgan fingerprint density at radius 3 is 2.50 bits per heavy atom. The van der Waals surface area contributed by atoms with Gasteiger partial charge in [-0.2, -0.15) is 0 Å². The van der Waals surface area contributed by atoms with E-state index in [9.17, 15) is 4.79 Å². The van der Waals surface area contributed by atoms with Gasteiger partial charge in [-0.25, -0.2) is 0 Å². The quantitative estimate of drug-likeness (QED) is 0.779. The second kappa shape index (κ2) is 7.25. The van der Waals surface area contributed by atoms with E-state index in [0.717, 1.165) is 48.2 Å². The highest BCUT2D eigenvalue weighted by Crippen LogP contribution is 2.28. The predicted molar refractivity (Wildman–Crippen MR) is 94.1 cm³/mol. The lowest BCUT2D eigenvalue weighted by atomic mass is 10.2. The van der Waals surface area contributed by atoms with Crippen LogP contribution in [0.15, 0.2) is 29.4 Å². The van der Waals surface area contributed by atoms with Gasteiger partial charge in [0.05, 0.1) is 12.4 Å². The number of carbonyl (C=O) groups excluding carboxylic acids is 1. The summed E-state index contributed by atoms with van der Waals surface area (Å²) < 4.78 is 7.11. The first kappa shape index (κ1) is 16.8. The summed E-state index contributed by atoms with van der Waals surface area (Å²) in [6.07, 6.45) is 2.21. The number of carbonyl (C=O) groups is 1. The summed E-state index contributed by atoms with van der Waals surface area (Å²) in [7, 11) is 3.57. The minimum atomic E-state index is -0.158. The molecule has 3 rings (SSSR count). The SMILES string of the molecule is COc1ccc(-c2nnc(S[C@H](C)C(=O)N3CCCC3)n2C)cc1. The van der Waals surface area contributed by atoms with Crippen LogP contribution in [0.1, 0.15) is 19.8 Å². The third-order valence-corrected chi connectivity index (χ3v) is 5.35. The van der Waals surface area contributed by atoms with Gasteiger partial charge in [0, 0.05) is 25.7 Å². The number of hydrogen-bond acceptors (Lipinski definition) is 5. The van der Waals surface area contributed by atoms with Crippen LogP contribution < -0.4 is 4.74 Å². The molecule has 1 aliphatic heterocycles. The van der Waals surface area contributed by atoms with E-state index in [2.05, 4.69) is 10.2 Å². The number of hydrogen-bond donors (Lipinski definition) is 0. The van der Waals surface area contributed by atoms with Gasteiger partial charge in [-0.05, 0) is 44.0 Å². The van der Waals surface area contributed by atoms with Crippen molar-refractivity contribution in [3.8, 4) is 17.1 Å². The van der Waals surface area contributed by atoms with Crippen molar-refractivity contribution < 1.29 is 9.53 Å². The Balaban J connectivity index is 1.73. The first-order valence-corrected chi connectivity index (χ1v) is 8.97. The van der Waals surface area contributed by atoms with Crippen molar-refractivity contribution in [1.82, 2.24) is 19.7 Å². The fourth-order valence-corrected chi connectivity index (χ4v) is 3.71. The molecule has 0 saturated carbocycles. The number of likely N-dealkylation sites (tertiary alicyclic amines) is 1. The summed E-state index contributed by atoms with van der Waals surface area (Å²) in [4.78, 5) is 14.4. The van der Waals surface area contributed by atoms with Gasteiger partial charge in [0.2, 0.25) is 5.91 Å². The Morgan fingerprint density at radius 1 is 1.21 bits per heavy atom. The number of aromatic nitrogens is 3. The van der Waals surface area contributed by atoms with Crippen LogP contribution in [-0.2, 0) is 11.8 Å². The molecular weight excluding hydrogens is 324 g/mol. The van der Waals surface area contributed by atoms with Crippen LogP contribution in [-0.4, -0.2) is 51.0 Å². The molecule has 1 atom stereocenters. The number of benzene rings is 1. The van der Waals surface area contributed by atoms with Gasteiger partial charge >= 0.3 is 0 Å². The normalized spacial score (nSPS) is 15.5. The van der Waals surface area contributed by atoms with Crippen molar-refractivity contribution in [2.45, 2.75) is 30.2 Å². The molecule has 0 bridgehead atoms. The summed E-state index contributed by atoms with van der Waals surface area (Å²) in [6, 6.07) is 7.71. The minimum absolute atomic E-state index is 0.158. The highest BCUT2D eigenvalue weighted by molar-refractivity contribution is 8.00. The average molecular weight is 346 g/mol. The largest absolute Gasteiger partial charge is 0.497 e. The van der Waals surface area contributed by atoms with Gasteiger partial charge in [-0.1, -0.05) is 11.8 Å². The van der Waals surface area contributed by atoms with E-state index in [4.69, 9.17) is 4.74 Å². The van der Waals surface area contributed by atoms with Crippen LogP contribution >= 0.6 is 11.8 Å². The summed E-state index contributed by atoms with van der Waals surface area (Å²) in [6.45, 7) is 3.69. The van der Waals surface area contributed by atoms with Gasteiger partial charge in [0.1, 0.15) is 5.75 Å². The monoisotopic (exact) mass is 346 g/mol. The van der Waals surface area contributed by atoms with Crippen LogP contribution in [0.25, 0.3) is 11.4 Å².